The van der Waals surface area contributed by atoms with E-state index < -0.39 is 0 Å². The van der Waals surface area contributed by atoms with Crippen LogP contribution >= 0.6 is 12.4 Å². The maximum absolute atomic E-state index is 13.0. The number of nitrogens with two attached hydrogens (primary N) is 1. The second-order valence-corrected chi connectivity index (χ2v) is 7.36. The molecule has 0 spiro atoms. The molecule has 1 aromatic carbocycles. The number of likely N-dealkylation sites (tertiary alicyclic amines) is 1. The third kappa shape index (κ3) is 4.89. The van der Waals surface area contributed by atoms with Crippen LogP contribution in [0.4, 0.5) is 5.69 Å². The second-order valence-electron chi connectivity index (χ2n) is 7.36. The third-order valence-corrected chi connectivity index (χ3v) is 5.59. The minimum absolute atomic E-state index is 0. The van der Waals surface area contributed by atoms with E-state index in [-0.39, 0.29) is 36.2 Å². The molecular weight excluding hydrogens is 382 g/mol. The zero-order chi connectivity index (χ0) is 19.4. The van der Waals surface area contributed by atoms with Crippen molar-refractivity contribution in [3.63, 3.8) is 0 Å². The van der Waals surface area contributed by atoms with Gasteiger partial charge in [-0.05, 0) is 37.7 Å². The van der Waals surface area contributed by atoms with Gasteiger partial charge in [0.25, 0.3) is 5.91 Å². The van der Waals surface area contributed by atoms with Gasteiger partial charge < -0.3 is 25.4 Å². The first-order valence-electron chi connectivity index (χ1n) is 9.64. The first kappa shape index (κ1) is 22.3. The Morgan fingerprint density at radius 1 is 1.11 bits per heavy atom. The summed E-state index contributed by atoms with van der Waals surface area (Å²) >= 11 is 0. The molecule has 1 saturated carbocycles. The normalized spacial score (nSPS) is 21.2. The monoisotopic (exact) mass is 411 g/mol. The van der Waals surface area contributed by atoms with Gasteiger partial charge in [-0.1, -0.05) is 6.42 Å². The van der Waals surface area contributed by atoms with E-state index in [0.29, 0.717) is 29.2 Å². The second kappa shape index (κ2) is 9.98. The molecule has 1 aromatic rings. The summed E-state index contributed by atoms with van der Waals surface area (Å²) in [5, 5.41) is 2.91. The molecule has 28 heavy (non-hydrogen) atoms. The van der Waals surface area contributed by atoms with E-state index in [4.69, 9.17) is 15.2 Å². The van der Waals surface area contributed by atoms with Crippen molar-refractivity contribution >= 4 is 29.9 Å². The smallest absolute Gasteiger partial charge is 0.256 e. The summed E-state index contributed by atoms with van der Waals surface area (Å²) in [4.78, 5) is 27.4. The van der Waals surface area contributed by atoms with Crippen LogP contribution in [-0.2, 0) is 4.79 Å². The van der Waals surface area contributed by atoms with Crippen molar-refractivity contribution in [1.82, 2.24) is 4.90 Å². The summed E-state index contributed by atoms with van der Waals surface area (Å²) in [6.07, 6.45) is 5.37. The number of hydrogen-bond donors (Lipinski definition) is 2. The summed E-state index contributed by atoms with van der Waals surface area (Å²) in [6, 6.07) is 3.39. The van der Waals surface area contributed by atoms with E-state index in [1.54, 1.807) is 12.1 Å². The molecule has 7 nitrogen and oxygen atoms in total. The Kier molecular flexibility index (Phi) is 7.95. The Bertz CT molecular complexity index is 707. The number of methoxy groups -OCH3 is 2. The first-order valence-corrected chi connectivity index (χ1v) is 9.64. The van der Waals surface area contributed by atoms with E-state index in [9.17, 15) is 9.59 Å². The van der Waals surface area contributed by atoms with Crippen LogP contribution in [0.1, 0.15) is 48.9 Å². The fourth-order valence-electron chi connectivity index (χ4n) is 4.01. The maximum Gasteiger partial charge on any atom is 0.256 e. The van der Waals surface area contributed by atoms with Crippen LogP contribution in [0.25, 0.3) is 0 Å². The average Bonchev–Trinajstić information content (AvgIpc) is 3.33. The van der Waals surface area contributed by atoms with Gasteiger partial charge in [-0.25, -0.2) is 0 Å². The number of ether oxygens (including phenoxy) is 2. The van der Waals surface area contributed by atoms with Crippen molar-refractivity contribution in [2.75, 3.05) is 32.6 Å². The molecule has 2 aliphatic rings. The first-order chi connectivity index (χ1) is 13.0. The van der Waals surface area contributed by atoms with E-state index >= 15 is 0 Å². The topological polar surface area (TPSA) is 93.9 Å². The van der Waals surface area contributed by atoms with Gasteiger partial charge in [-0.2, -0.15) is 0 Å². The third-order valence-electron chi connectivity index (χ3n) is 5.59. The van der Waals surface area contributed by atoms with Crippen molar-refractivity contribution in [1.29, 1.82) is 0 Å². The number of benzene rings is 1. The summed E-state index contributed by atoms with van der Waals surface area (Å²) in [7, 11) is 3.06. The fourth-order valence-corrected chi connectivity index (χ4v) is 4.01. The highest BCUT2D eigenvalue weighted by Crippen LogP contribution is 2.35. The van der Waals surface area contributed by atoms with Gasteiger partial charge in [0.2, 0.25) is 5.91 Å². The van der Waals surface area contributed by atoms with Crippen LogP contribution < -0.4 is 20.5 Å². The highest BCUT2D eigenvalue weighted by molar-refractivity contribution is 6.04. The number of amides is 2. The molecular formula is C20H30ClN3O4. The number of hydrogen-bond acceptors (Lipinski definition) is 5. The van der Waals surface area contributed by atoms with E-state index in [1.807, 2.05) is 4.90 Å². The molecule has 8 heteroatoms. The van der Waals surface area contributed by atoms with Crippen LogP contribution in [0.2, 0.25) is 0 Å². The number of halogens is 1. The number of nitrogens with zero attached hydrogens (tertiary/aromatic N) is 1. The molecule has 2 amide bonds. The number of carbonyl (C=O) groups excluding carboxylic acids is 2. The number of nitrogens with one attached hydrogen (secondary N) is 1. The molecule has 3 rings (SSSR count). The van der Waals surface area contributed by atoms with Gasteiger partial charge in [0.15, 0.2) is 11.5 Å². The van der Waals surface area contributed by atoms with Crippen molar-refractivity contribution in [3.8, 4) is 11.5 Å². The van der Waals surface area contributed by atoms with Crippen LogP contribution in [0.3, 0.4) is 0 Å². The summed E-state index contributed by atoms with van der Waals surface area (Å²) in [5.74, 6) is 0.920. The van der Waals surface area contributed by atoms with Gasteiger partial charge in [-0.15, -0.1) is 12.4 Å². The quantitative estimate of drug-likeness (QED) is 0.750. The number of rotatable bonds is 6. The van der Waals surface area contributed by atoms with Crippen molar-refractivity contribution < 1.29 is 19.1 Å². The van der Waals surface area contributed by atoms with Gasteiger partial charge in [-0.3, -0.25) is 9.59 Å². The molecule has 1 aliphatic heterocycles. The number of anilines is 1. The molecule has 1 heterocycles. The molecule has 0 aromatic heterocycles. The molecule has 2 fully saturated rings. The fraction of sp³-hybridized carbons (Fsp3) is 0.600. The van der Waals surface area contributed by atoms with Crippen molar-refractivity contribution in [3.05, 3.63) is 17.7 Å². The molecule has 0 radical (unpaired) electrons. The van der Waals surface area contributed by atoms with Crippen molar-refractivity contribution in [2.45, 2.75) is 44.6 Å². The molecule has 1 saturated heterocycles. The van der Waals surface area contributed by atoms with Gasteiger partial charge in [0, 0.05) is 31.6 Å². The maximum atomic E-state index is 13.0. The minimum Gasteiger partial charge on any atom is -0.493 e. The Hall–Kier alpha value is -1.99. The van der Waals surface area contributed by atoms with Crippen LogP contribution in [0, 0.1) is 5.92 Å². The lowest BCUT2D eigenvalue weighted by Gasteiger charge is -2.21. The van der Waals surface area contributed by atoms with E-state index in [0.717, 1.165) is 45.2 Å². The number of carbonyl (C=O) groups is 2. The van der Waals surface area contributed by atoms with E-state index in [1.165, 1.54) is 14.2 Å². The lowest BCUT2D eigenvalue weighted by molar-refractivity contribution is -0.117. The highest BCUT2D eigenvalue weighted by Gasteiger charge is 2.28. The van der Waals surface area contributed by atoms with Crippen LogP contribution in [0.15, 0.2) is 12.1 Å². The Morgan fingerprint density at radius 2 is 1.75 bits per heavy atom. The standard InChI is InChI=1S/C20H29N3O4.ClH/c1-26-17-11-14(20(25)23-8-3-4-9-23)16(12-18(17)27-2)22-19(24)10-13-6-5-7-15(13)21;/h11-13,15H,3-10,21H2,1-2H3,(H,22,24);1H/t13-,15+;/m0./s1. The summed E-state index contributed by atoms with van der Waals surface area (Å²) < 4.78 is 10.7. The van der Waals surface area contributed by atoms with Gasteiger partial charge in [0.1, 0.15) is 0 Å². The Balaban J connectivity index is 0.00000280. The molecule has 1 aliphatic carbocycles. The van der Waals surface area contributed by atoms with Gasteiger partial charge >= 0.3 is 0 Å². The lowest BCUT2D eigenvalue weighted by atomic mass is 9.99. The molecule has 156 valence electrons. The summed E-state index contributed by atoms with van der Waals surface area (Å²) in [5.41, 5.74) is 6.98. The molecule has 2 atom stereocenters. The van der Waals surface area contributed by atoms with Crippen LogP contribution in [0.5, 0.6) is 11.5 Å². The molecule has 0 bridgehead atoms. The molecule has 3 N–H and O–H groups in total. The van der Waals surface area contributed by atoms with Gasteiger partial charge in [0.05, 0.1) is 25.5 Å². The predicted molar refractivity (Wildman–Crippen MR) is 110 cm³/mol. The zero-order valence-electron chi connectivity index (χ0n) is 16.5. The highest BCUT2D eigenvalue weighted by atomic mass is 35.5. The SMILES string of the molecule is COc1cc(NC(=O)C[C@@H]2CCC[C@H]2N)c(C(=O)N2CCCC2)cc1OC.Cl. The van der Waals surface area contributed by atoms with E-state index in [2.05, 4.69) is 5.32 Å². The predicted octanol–water partition coefficient (Wildman–Crippen LogP) is 2.82. The lowest BCUT2D eigenvalue weighted by Crippen LogP contribution is -2.30. The Morgan fingerprint density at radius 3 is 2.32 bits per heavy atom. The van der Waals surface area contributed by atoms with Crippen LogP contribution in [-0.4, -0.2) is 50.1 Å². The average molecular weight is 412 g/mol. The minimum atomic E-state index is -0.125. The van der Waals surface area contributed by atoms with Crippen molar-refractivity contribution in [2.24, 2.45) is 11.7 Å². The Labute approximate surface area is 172 Å². The largest absolute Gasteiger partial charge is 0.493 e. The zero-order valence-corrected chi connectivity index (χ0v) is 17.3. The summed E-state index contributed by atoms with van der Waals surface area (Å²) in [6.45, 7) is 1.47. The molecule has 0 unspecified atom stereocenters.